The lowest BCUT2D eigenvalue weighted by molar-refractivity contribution is -0.113. The van der Waals surface area contributed by atoms with Gasteiger partial charge in [-0.2, -0.15) is 5.26 Å². The highest BCUT2D eigenvalue weighted by Crippen LogP contribution is 2.41. The molecule has 2 aromatic heterocycles. The number of nitrogens with one attached hydrogen (secondary N) is 2. The van der Waals surface area contributed by atoms with Crippen LogP contribution in [0.1, 0.15) is 76.1 Å². The van der Waals surface area contributed by atoms with Crippen molar-refractivity contribution in [3.8, 4) is 17.2 Å². The van der Waals surface area contributed by atoms with E-state index in [9.17, 15) is 28.4 Å². The molecule has 9 nitrogen and oxygen atoms in total. The molecule has 2 amide bonds. The molecule has 2 saturated carbocycles. The smallest absolute Gasteiger partial charge is 0.282 e. The number of likely N-dealkylation sites (tertiary alicyclic amines) is 1. The van der Waals surface area contributed by atoms with E-state index in [1.807, 2.05) is 19.1 Å². The first kappa shape index (κ1) is 28.7. The maximum Gasteiger partial charge on any atom is 0.282 e. The van der Waals surface area contributed by atoms with Gasteiger partial charge in [0.15, 0.2) is 0 Å². The summed E-state index contributed by atoms with van der Waals surface area (Å²) in [4.78, 5) is 45.6. The molecule has 1 aliphatic heterocycles. The number of aromatic nitrogens is 2. The number of carbonyl (C=O) groups excluding carboxylic acids is 2. The second-order valence-corrected chi connectivity index (χ2v) is 11.7. The highest BCUT2D eigenvalue weighted by atomic mass is 19.3. The topological polar surface area (TPSA) is 120 Å². The number of alkyl halides is 2. The standard InChI is InChI=1S/C32H32F2N6O3/c1-2-39-16-21(15-36-14-19-3-4-19)10-26(31(39)43)29(41)38-28-12-23(11-27(37-28)22-6-7-22)24-8-5-20(13-35)9-25(24)30(42)40-17-32(33,34)18-40/h5,8-12,16,19,22,36H,2-4,6-7,14-15,17-18H2,1H3,(H,37,38,41). The highest BCUT2D eigenvalue weighted by Gasteiger charge is 2.46. The van der Waals surface area contributed by atoms with Crippen molar-refractivity contribution in [3.05, 3.63) is 80.9 Å². The van der Waals surface area contributed by atoms with Gasteiger partial charge in [-0.05, 0) is 92.1 Å². The summed E-state index contributed by atoms with van der Waals surface area (Å²) < 4.78 is 28.7. The molecule has 3 aromatic rings. The molecule has 222 valence electrons. The Morgan fingerprint density at radius 2 is 1.86 bits per heavy atom. The summed E-state index contributed by atoms with van der Waals surface area (Å²) in [5.41, 5.74) is 2.48. The lowest BCUT2D eigenvalue weighted by atomic mass is 9.95. The van der Waals surface area contributed by atoms with Crippen LogP contribution in [0.4, 0.5) is 14.6 Å². The number of hydrogen-bond acceptors (Lipinski definition) is 6. The second-order valence-electron chi connectivity index (χ2n) is 11.7. The van der Waals surface area contributed by atoms with Gasteiger partial charge in [0, 0.05) is 36.5 Å². The third-order valence-electron chi connectivity index (χ3n) is 8.09. The Kier molecular flexibility index (Phi) is 7.56. The van der Waals surface area contributed by atoms with Crippen molar-refractivity contribution in [3.63, 3.8) is 0 Å². The third kappa shape index (κ3) is 6.34. The number of hydrogen-bond donors (Lipinski definition) is 2. The molecule has 1 saturated heterocycles. The van der Waals surface area contributed by atoms with Crippen LogP contribution >= 0.6 is 0 Å². The van der Waals surface area contributed by atoms with Crippen molar-refractivity contribution in [2.45, 2.75) is 57.5 Å². The number of carbonyl (C=O) groups is 2. The van der Waals surface area contributed by atoms with Crippen LogP contribution in [0.2, 0.25) is 0 Å². The molecule has 11 heteroatoms. The number of pyridine rings is 2. The first-order valence-electron chi connectivity index (χ1n) is 14.6. The van der Waals surface area contributed by atoms with Gasteiger partial charge in [-0.3, -0.25) is 14.4 Å². The molecular formula is C32H32F2N6O3. The first-order valence-corrected chi connectivity index (χ1v) is 14.6. The minimum atomic E-state index is -2.93. The summed E-state index contributed by atoms with van der Waals surface area (Å²) in [6.45, 7) is 2.32. The van der Waals surface area contributed by atoms with Gasteiger partial charge >= 0.3 is 0 Å². The Hall–Kier alpha value is -4.43. The lowest BCUT2D eigenvalue weighted by Gasteiger charge is -2.39. The van der Waals surface area contributed by atoms with Gasteiger partial charge in [0.05, 0.1) is 24.7 Å². The molecule has 43 heavy (non-hydrogen) atoms. The monoisotopic (exact) mass is 586 g/mol. The zero-order valence-corrected chi connectivity index (χ0v) is 23.8. The molecule has 3 heterocycles. The van der Waals surface area contributed by atoms with Crippen LogP contribution in [-0.4, -0.2) is 51.8 Å². The fourth-order valence-electron chi connectivity index (χ4n) is 5.35. The average molecular weight is 587 g/mol. The van der Waals surface area contributed by atoms with E-state index in [2.05, 4.69) is 15.6 Å². The maximum absolute atomic E-state index is 13.6. The minimum Gasteiger partial charge on any atom is -0.326 e. The molecule has 0 unspecified atom stereocenters. The number of aryl methyl sites for hydroxylation is 1. The molecule has 0 atom stereocenters. The van der Waals surface area contributed by atoms with E-state index in [4.69, 9.17) is 0 Å². The average Bonchev–Trinajstić information content (AvgIpc) is 3.90. The van der Waals surface area contributed by atoms with E-state index in [1.54, 1.807) is 30.5 Å². The predicted octanol–water partition coefficient (Wildman–Crippen LogP) is 4.52. The highest BCUT2D eigenvalue weighted by molar-refractivity contribution is 6.05. The van der Waals surface area contributed by atoms with Gasteiger partial charge in [0.2, 0.25) is 0 Å². The van der Waals surface area contributed by atoms with Crippen LogP contribution < -0.4 is 16.2 Å². The second kappa shape index (κ2) is 11.3. The number of nitrogens with zero attached hydrogens (tertiary/aromatic N) is 4. The van der Waals surface area contributed by atoms with Crippen LogP contribution in [0.25, 0.3) is 11.1 Å². The summed E-state index contributed by atoms with van der Waals surface area (Å²) >= 11 is 0. The van der Waals surface area contributed by atoms with Gasteiger partial charge in [0.1, 0.15) is 11.4 Å². The van der Waals surface area contributed by atoms with Gasteiger partial charge in [0.25, 0.3) is 23.3 Å². The van der Waals surface area contributed by atoms with Crippen molar-refractivity contribution in [1.29, 1.82) is 5.26 Å². The number of anilines is 1. The fourth-order valence-corrected chi connectivity index (χ4v) is 5.35. The van der Waals surface area contributed by atoms with Crippen LogP contribution in [-0.2, 0) is 13.1 Å². The molecule has 2 N–H and O–H groups in total. The van der Waals surface area contributed by atoms with Crippen LogP contribution in [0, 0.1) is 17.2 Å². The number of amides is 2. The molecule has 0 bridgehead atoms. The van der Waals surface area contributed by atoms with Crippen molar-refractivity contribution >= 4 is 17.6 Å². The molecule has 2 aliphatic carbocycles. The number of benzene rings is 1. The Morgan fingerprint density at radius 3 is 2.51 bits per heavy atom. The predicted molar refractivity (Wildman–Crippen MR) is 156 cm³/mol. The zero-order valence-electron chi connectivity index (χ0n) is 23.8. The SMILES string of the molecule is CCn1cc(CNCC2CC2)cc(C(=O)Nc2cc(-c3ccc(C#N)cc3C(=O)N3CC(F)(F)C3)cc(C3CC3)n2)c1=O. The molecule has 3 fully saturated rings. The zero-order chi connectivity index (χ0) is 30.3. The van der Waals surface area contributed by atoms with Crippen LogP contribution in [0.15, 0.2) is 47.4 Å². The van der Waals surface area contributed by atoms with Crippen molar-refractivity contribution in [2.24, 2.45) is 5.92 Å². The van der Waals surface area contributed by atoms with Gasteiger partial charge in [-0.1, -0.05) is 6.07 Å². The van der Waals surface area contributed by atoms with Crippen molar-refractivity contribution in [2.75, 3.05) is 25.0 Å². The summed E-state index contributed by atoms with van der Waals surface area (Å²) in [7, 11) is 0. The van der Waals surface area contributed by atoms with Crippen molar-refractivity contribution < 1.29 is 18.4 Å². The van der Waals surface area contributed by atoms with E-state index in [1.165, 1.54) is 23.5 Å². The molecule has 1 aromatic carbocycles. The van der Waals surface area contributed by atoms with E-state index in [0.29, 0.717) is 30.1 Å². The van der Waals surface area contributed by atoms with Crippen LogP contribution in [0.5, 0.6) is 0 Å². The van der Waals surface area contributed by atoms with Gasteiger partial charge < -0.3 is 20.1 Å². The molecule has 6 rings (SSSR count). The Labute approximate surface area is 247 Å². The summed E-state index contributed by atoms with van der Waals surface area (Å²) in [6.07, 6.45) is 6.04. The van der Waals surface area contributed by atoms with Crippen LogP contribution in [0.3, 0.4) is 0 Å². The molecule has 0 spiro atoms. The van der Waals surface area contributed by atoms with E-state index in [-0.39, 0.29) is 28.4 Å². The summed E-state index contributed by atoms with van der Waals surface area (Å²) in [5, 5.41) is 15.6. The third-order valence-corrected chi connectivity index (χ3v) is 8.09. The first-order chi connectivity index (χ1) is 20.6. The normalized spacial score (nSPS) is 17.2. The maximum atomic E-state index is 13.6. The summed E-state index contributed by atoms with van der Waals surface area (Å²) in [5.74, 6) is -3.04. The lowest BCUT2D eigenvalue weighted by Crippen LogP contribution is -2.58. The molecule has 3 aliphatic rings. The fraction of sp³-hybridized carbons (Fsp3) is 0.406. The molecule has 0 radical (unpaired) electrons. The van der Waals surface area contributed by atoms with Gasteiger partial charge in [-0.15, -0.1) is 0 Å². The minimum absolute atomic E-state index is 0.000647. The van der Waals surface area contributed by atoms with Gasteiger partial charge in [-0.25, -0.2) is 13.8 Å². The quantitative estimate of drug-likeness (QED) is 0.361. The largest absolute Gasteiger partial charge is 0.326 e. The Morgan fingerprint density at radius 1 is 1.09 bits per heavy atom. The summed E-state index contributed by atoms with van der Waals surface area (Å²) in [6, 6.07) is 11.6. The van der Waals surface area contributed by atoms with E-state index >= 15 is 0 Å². The number of rotatable bonds is 10. The van der Waals surface area contributed by atoms with E-state index < -0.39 is 36.4 Å². The molecular weight excluding hydrogens is 554 g/mol. The number of halogens is 2. The Bertz CT molecular complexity index is 1700. The van der Waals surface area contributed by atoms with Crippen molar-refractivity contribution in [1.82, 2.24) is 19.8 Å². The Balaban J connectivity index is 1.32. The van der Waals surface area contributed by atoms with E-state index in [0.717, 1.165) is 35.5 Å². The number of nitriles is 1.